The van der Waals surface area contributed by atoms with E-state index in [0.717, 1.165) is 25.1 Å². The zero-order valence-corrected chi connectivity index (χ0v) is 10.9. The van der Waals surface area contributed by atoms with Crippen LogP contribution in [0.2, 0.25) is 0 Å². The maximum atomic E-state index is 12.2. The molecule has 0 fully saturated rings. The molecule has 2 aromatic carbocycles. The summed E-state index contributed by atoms with van der Waals surface area (Å²) >= 11 is 0. The minimum absolute atomic E-state index is 0.235. The summed E-state index contributed by atoms with van der Waals surface area (Å²) in [6.45, 7) is 1.81. The number of rotatable bonds is 4. The number of ketones is 1. The molecule has 2 heteroatoms. The summed E-state index contributed by atoms with van der Waals surface area (Å²) < 4.78 is 0. The van der Waals surface area contributed by atoms with E-state index < -0.39 is 0 Å². The second-order valence-electron chi connectivity index (χ2n) is 5.00. The Kier molecular flexibility index (Phi) is 3.43. The fraction of sp³-hybridized carbons (Fsp3) is 0.235. The molecule has 0 aliphatic carbocycles. The lowest BCUT2D eigenvalue weighted by atomic mass is 9.99. The molecular weight excluding hydrogens is 234 g/mol. The van der Waals surface area contributed by atoms with Gasteiger partial charge in [0.25, 0.3) is 0 Å². The van der Waals surface area contributed by atoms with E-state index in [1.807, 2.05) is 30.3 Å². The van der Waals surface area contributed by atoms with Crippen molar-refractivity contribution in [3.8, 4) is 0 Å². The van der Waals surface area contributed by atoms with Crippen LogP contribution in [0.15, 0.2) is 48.5 Å². The molecule has 1 N–H and O–H groups in total. The number of fused-ring (bicyclic) bond motifs is 1. The zero-order chi connectivity index (χ0) is 13.1. The molecular formula is C17H17NO. The van der Waals surface area contributed by atoms with Gasteiger partial charge in [0.15, 0.2) is 5.78 Å². The Morgan fingerprint density at radius 2 is 1.79 bits per heavy atom. The number of carbonyl (C=O) groups excluding carboxylic acids is 1. The van der Waals surface area contributed by atoms with Crippen molar-refractivity contribution in [3.63, 3.8) is 0 Å². The summed E-state index contributed by atoms with van der Waals surface area (Å²) in [7, 11) is 0. The first-order valence-electron chi connectivity index (χ1n) is 6.72. The molecule has 1 aliphatic heterocycles. The highest BCUT2D eigenvalue weighted by atomic mass is 16.1. The average Bonchev–Trinajstić information content (AvgIpc) is 2.93. The van der Waals surface area contributed by atoms with E-state index in [1.165, 1.54) is 16.7 Å². The first-order valence-corrected chi connectivity index (χ1v) is 6.72. The minimum Gasteiger partial charge on any atom is -0.309 e. The summed E-state index contributed by atoms with van der Waals surface area (Å²) in [5.74, 6) is 0.235. The van der Waals surface area contributed by atoms with Crippen LogP contribution in [0.5, 0.6) is 0 Å². The number of Topliss-reactive ketones (excluding diaryl/α,β-unsaturated/α-hetero) is 1. The Labute approximate surface area is 113 Å². The van der Waals surface area contributed by atoms with Gasteiger partial charge in [-0.15, -0.1) is 0 Å². The first-order chi connectivity index (χ1) is 9.33. The second-order valence-corrected chi connectivity index (χ2v) is 5.00. The van der Waals surface area contributed by atoms with Crippen molar-refractivity contribution in [2.75, 3.05) is 0 Å². The predicted molar refractivity (Wildman–Crippen MR) is 76.1 cm³/mol. The molecule has 3 rings (SSSR count). The van der Waals surface area contributed by atoms with Crippen molar-refractivity contribution in [2.24, 2.45) is 0 Å². The van der Waals surface area contributed by atoms with Gasteiger partial charge in [-0.2, -0.15) is 0 Å². The Morgan fingerprint density at radius 3 is 2.63 bits per heavy atom. The van der Waals surface area contributed by atoms with Crippen molar-refractivity contribution in [1.82, 2.24) is 5.32 Å². The number of hydrogen-bond acceptors (Lipinski definition) is 2. The maximum Gasteiger partial charge on any atom is 0.163 e. The first kappa shape index (κ1) is 12.1. The van der Waals surface area contributed by atoms with E-state index in [0.29, 0.717) is 6.42 Å². The highest BCUT2D eigenvalue weighted by Gasteiger charge is 2.13. The third-order valence-electron chi connectivity index (χ3n) is 3.64. The molecule has 0 saturated carbocycles. The third-order valence-corrected chi connectivity index (χ3v) is 3.64. The third kappa shape index (κ3) is 2.74. The largest absolute Gasteiger partial charge is 0.309 e. The number of aryl methyl sites for hydroxylation is 1. The molecule has 0 aromatic heterocycles. The molecule has 1 heterocycles. The minimum atomic E-state index is 0.235. The molecule has 96 valence electrons. The lowest BCUT2D eigenvalue weighted by molar-refractivity contribution is 0.0983. The quantitative estimate of drug-likeness (QED) is 0.846. The van der Waals surface area contributed by atoms with Crippen molar-refractivity contribution in [3.05, 3.63) is 70.8 Å². The summed E-state index contributed by atoms with van der Waals surface area (Å²) in [5.41, 5.74) is 4.65. The standard InChI is InChI=1S/C17H17NO/c19-17(9-6-13-4-2-1-3-5-13)14-7-8-15-11-18-12-16(15)10-14/h1-5,7-8,10,18H,6,9,11-12H2. The Balaban J connectivity index is 1.67. The van der Waals surface area contributed by atoms with Gasteiger partial charge in [0.1, 0.15) is 0 Å². The second kappa shape index (κ2) is 5.37. The van der Waals surface area contributed by atoms with Crippen LogP contribution in [0.3, 0.4) is 0 Å². The highest BCUT2D eigenvalue weighted by molar-refractivity contribution is 5.96. The van der Waals surface area contributed by atoms with Crippen LogP contribution in [0.1, 0.15) is 33.5 Å². The van der Waals surface area contributed by atoms with E-state index in [-0.39, 0.29) is 5.78 Å². The van der Waals surface area contributed by atoms with E-state index in [1.54, 1.807) is 0 Å². The van der Waals surface area contributed by atoms with Gasteiger partial charge >= 0.3 is 0 Å². The molecule has 19 heavy (non-hydrogen) atoms. The van der Waals surface area contributed by atoms with Crippen molar-refractivity contribution in [2.45, 2.75) is 25.9 Å². The normalized spacial score (nSPS) is 13.3. The lowest BCUT2D eigenvalue weighted by Crippen LogP contribution is -2.02. The fourth-order valence-corrected chi connectivity index (χ4v) is 2.52. The molecule has 0 amide bonds. The lowest BCUT2D eigenvalue weighted by Gasteiger charge is -2.04. The summed E-state index contributed by atoms with van der Waals surface area (Å²) in [6.07, 6.45) is 1.39. The molecule has 0 radical (unpaired) electrons. The van der Waals surface area contributed by atoms with Gasteiger partial charge < -0.3 is 5.32 Å². The van der Waals surface area contributed by atoms with Crippen LogP contribution in [-0.4, -0.2) is 5.78 Å². The van der Waals surface area contributed by atoms with Gasteiger partial charge in [0, 0.05) is 25.1 Å². The number of benzene rings is 2. The van der Waals surface area contributed by atoms with E-state index in [4.69, 9.17) is 0 Å². The Bertz CT molecular complexity index is 589. The van der Waals surface area contributed by atoms with Gasteiger partial charge in [-0.3, -0.25) is 4.79 Å². The van der Waals surface area contributed by atoms with Crippen LogP contribution in [0, 0.1) is 0 Å². The number of hydrogen-bond donors (Lipinski definition) is 1. The van der Waals surface area contributed by atoms with Crippen LogP contribution in [0.4, 0.5) is 0 Å². The smallest absolute Gasteiger partial charge is 0.163 e. The molecule has 2 nitrogen and oxygen atoms in total. The Hall–Kier alpha value is -1.93. The molecule has 0 saturated heterocycles. The topological polar surface area (TPSA) is 29.1 Å². The zero-order valence-electron chi connectivity index (χ0n) is 10.9. The molecule has 0 atom stereocenters. The Morgan fingerprint density at radius 1 is 1.00 bits per heavy atom. The monoisotopic (exact) mass is 251 g/mol. The molecule has 0 unspecified atom stereocenters. The average molecular weight is 251 g/mol. The van der Waals surface area contributed by atoms with E-state index >= 15 is 0 Å². The van der Waals surface area contributed by atoms with E-state index in [2.05, 4.69) is 23.5 Å². The van der Waals surface area contributed by atoms with Crippen molar-refractivity contribution < 1.29 is 4.79 Å². The predicted octanol–water partition coefficient (Wildman–Crippen LogP) is 3.11. The number of nitrogens with one attached hydrogen (secondary N) is 1. The van der Waals surface area contributed by atoms with Gasteiger partial charge in [0.2, 0.25) is 0 Å². The summed E-state index contributed by atoms with van der Waals surface area (Å²) in [5, 5.41) is 3.30. The van der Waals surface area contributed by atoms with Crippen LogP contribution < -0.4 is 5.32 Å². The SMILES string of the molecule is O=C(CCc1ccccc1)c1ccc2c(c1)CNC2. The van der Waals surface area contributed by atoms with Crippen LogP contribution in [0.25, 0.3) is 0 Å². The summed E-state index contributed by atoms with van der Waals surface area (Å²) in [6, 6.07) is 16.2. The molecule has 0 bridgehead atoms. The van der Waals surface area contributed by atoms with Crippen molar-refractivity contribution >= 4 is 5.78 Å². The maximum absolute atomic E-state index is 12.2. The molecule has 2 aromatic rings. The molecule has 0 spiro atoms. The molecule has 1 aliphatic rings. The van der Waals surface area contributed by atoms with Crippen LogP contribution in [-0.2, 0) is 19.5 Å². The van der Waals surface area contributed by atoms with Gasteiger partial charge in [-0.1, -0.05) is 42.5 Å². The van der Waals surface area contributed by atoms with Gasteiger partial charge in [-0.25, -0.2) is 0 Å². The fourth-order valence-electron chi connectivity index (χ4n) is 2.52. The van der Waals surface area contributed by atoms with Crippen LogP contribution >= 0.6 is 0 Å². The van der Waals surface area contributed by atoms with Crippen molar-refractivity contribution in [1.29, 1.82) is 0 Å². The summed E-state index contributed by atoms with van der Waals surface area (Å²) in [4.78, 5) is 12.2. The van der Waals surface area contributed by atoms with Gasteiger partial charge in [0.05, 0.1) is 0 Å². The number of carbonyl (C=O) groups is 1. The van der Waals surface area contributed by atoms with Gasteiger partial charge in [-0.05, 0) is 29.2 Å². The highest BCUT2D eigenvalue weighted by Crippen LogP contribution is 2.18. The van der Waals surface area contributed by atoms with E-state index in [9.17, 15) is 4.79 Å².